The summed E-state index contributed by atoms with van der Waals surface area (Å²) < 4.78 is 10.2. The van der Waals surface area contributed by atoms with Crippen molar-refractivity contribution < 1.29 is 14.3 Å². The molecule has 0 aromatic rings. The van der Waals surface area contributed by atoms with Crippen LogP contribution in [-0.4, -0.2) is 26.3 Å². The van der Waals surface area contributed by atoms with Gasteiger partial charge in [-0.25, -0.2) is 0 Å². The van der Waals surface area contributed by atoms with Crippen LogP contribution in [0.4, 0.5) is 0 Å². The molecule has 3 heteroatoms. The molecule has 0 aliphatic rings. The van der Waals surface area contributed by atoms with Crippen molar-refractivity contribution in [3.63, 3.8) is 0 Å². The highest BCUT2D eigenvalue weighted by Gasteiger charge is 2.45. The molecule has 0 aromatic heterocycles. The van der Waals surface area contributed by atoms with Gasteiger partial charge < -0.3 is 9.47 Å². The first-order valence-corrected chi connectivity index (χ1v) is 4.95. The molecule has 0 amide bonds. The van der Waals surface area contributed by atoms with Crippen molar-refractivity contribution in [3.8, 4) is 0 Å². The van der Waals surface area contributed by atoms with Gasteiger partial charge in [-0.05, 0) is 19.3 Å². The van der Waals surface area contributed by atoms with Crippen LogP contribution in [-0.2, 0) is 14.3 Å². The average Bonchev–Trinajstić information content (AvgIpc) is 2.10. The lowest BCUT2D eigenvalue weighted by Crippen LogP contribution is -2.45. The Balaban J connectivity index is 4.76. The van der Waals surface area contributed by atoms with E-state index < -0.39 is 5.41 Å². The van der Waals surface area contributed by atoms with E-state index in [4.69, 9.17) is 9.47 Å². The number of esters is 1. The molecule has 0 fully saturated rings. The van der Waals surface area contributed by atoms with Crippen LogP contribution in [0, 0.1) is 10.8 Å². The molecule has 0 aliphatic carbocycles. The Kier molecular flexibility index (Phi) is 4.59. The first-order valence-electron chi connectivity index (χ1n) is 4.95. The summed E-state index contributed by atoms with van der Waals surface area (Å²) in [6.07, 6.45) is 0. The zero-order chi connectivity index (χ0) is 11.4. The van der Waals surface area contributed by atoms with Crippen molar-refractivity contribution in [2.75, 3.05) is 20.3 Å². The zero-order valence-corrected chi connectivity index (χ0v) is 10.1. The summed E-state index contributed by atoms with van der Waals surface area (Å²) in [7, 11) is 1.41. The third kappa shape index (κ3) is 2.71. The van der Waals surface area contributed by atoms with Gasteiger partial charge in [0.05, 0.1) is 19.1 Å². The minimum atomic E-state index is -0.586. The number of carbonyl (C=O) groups excluding carboxylic acids is 1. The van der Waals surface area contributed by atoms with Gasteiger partial charge in [-0.2, -0.15) is 0 Å². The average molecular weight is 202 g/mol. The summed E-state index contributed by atoms with van der Waals surface area (Å²) in [5.74, 6) is -0.210. The Labute approximate surface area is 86.8 Å². The summed E-state index contributed by atoms with van der Waals surface area (Å²) in [5.41, 5.74) is -0.757. The van der Waals surface area contributed by atoms with Gasteiger partial charge in [-0.3, -0.25) is 4.79 Å². The SMILES string of the molecule is CCOCC(C)(C(=O)OC)C(C)(C)C. The number of carbonyl (C=O) groups is 1. The topological polar surface area (TPSA) is 35.5 Å². The first-order chi connectivity index (χ1) is 6.29. The molecule has 1 unspecified atom stereocenters. The van der Waals surface area contributed by atoms with Gasteiger partial charge in [0, 0.05) is 6.61 Å². The zero-order valence-electron chi connectivity index (χ0n) is 10.1. The lowest BCUT2D eigenvalue weighted by molar-refractivity contribution is -0.164. The van der Waals surface area contributed by atoms with Gasteiger partial charge in [0.15, 0.2) is 0 Å². The first kappa shape index (κ1) is 13.4. The second kappa shape index (κ2) is 4.78. The second-order valence-corrected chi connectivity index (χ2v) is 4.71. The number of ether oxygens (including phenoxy) is 2. The van der Waals surface area contributed by atoms with Crippen LogP contribution in [0.2, 0.25) is 0 Å². The Morgan fingerprint density at radius 1 is 1.21 bits per heavy atom. The fraction of sp³-hybridized carbons (Fsp3) is 0.909. The van der Waals surface area contributed by atoms with Crippen LogP contribution in [0.3, 0.4) is 0 Å². The van der Waals surface area contributed by atoms with E-state index in [0.29, 0.717) is 13.2 Å². The van der Waals surface area contributed by atoms with Crippen LogP contribution >= 0.6 is 0 Å². The molecule has 0 saturated carbocycles. The lowest BCUT2D eigenvalue weighted by atomic mass is 9.68. The molecule has 0 saturated heterocycles. The monoisotopic (exact) mass is 202 g/mol. The maximum atomic E-state index is 11.7. The van der Waals surface area contributed by atoms with E-state index in [0.717, 1.165) is 0 Å². The van der Waals surface area contributed by atoms with Crippen molar-refractivity contribution in [2.45, 2.75) is 34.6 Å². The Hall–Kier alpha value is -0.570. The quantitative estimate of drug-likeness (QED) is 0.656. The van der Waals surface area contributed by atoms with Crippen LogP contribution in [0.15, 0.2) is 0 Å². The van der Waals surface area contributed by atoms with Crippen molar-refractivity contribution in [3.05, 3.63) is 0 Å². The van der Waals surface area contributed by atoms with E-state index in [1.165, 1.54) is 7.11 Å². The minimum Gasteiger partial charge on any atom is -0.469 e. The number of hydrogen-bond donors (Lipinski definition) is 0. The summed E-state index contributed by atoms with van der Waals surface area (Å²) in [5, 5.41) is 0. The molecule has 0 radical (unpaired) electrons. The molecule has 0 bridgehead atoms. The van der Waals surface area contributed by atoms with E-state index in [-0.39, 0.29) is 11.4 Å². The van der Waals surface area contributed by atoms with Crippen LogP contribution in [0.5, 0.6) is 0 Å². The Bertz CT molecular complexity index is 193. The van der Waals surface area contributed by atoms with E-state index >= 15 is 0 Å². The van der Waals surface area contributed by atoms with Crippen LogP contribution < -0.4 is 0 Å². The Morgan fingerprint density at radius 2 is 1.71 bits per heavy atom. The van der Waals surface area contributed by atoms with Gasteiger partial charge in [0.2, 0.25) is 0 Å². The van der Waals surface area contributed by atoms with Crippen molar-refractivity contribution in [1.29, 1.82) is 0 Å². The van der Waals surface area contributed by atoms with E-state index in [1.54, 1.807) is 0 Å². The molecule has 0 rings (SSSR count). The highest BCUT2D eigenvalue weighted by atomic mass is 16.5. The molecular weight excluding hydrogens is 180 g/mol. The molecule has 0 spiro atoms. The molecule has 0 aromatic carbocycles. The normalized spacial score (nSPS) is 16.1. The molecule has 0 N–H and O–H groups in total. The van der Waals surface area contributed by atoms with Gasteiger partial charge in [0.25, 0.3) is 0 Å². The lowest BCUT2D eigenvalue weighted by Gasteiger charge is -2.38. The summed E-state index contributed by atoms with van der Waals surface area (Å²) in [6, 6.07) is 0. The predicted molar refractivity (Wildman–Crippen MR) is 56.1 cm³/mol. The smallest absolute Gasteiger partial charge is 0.314 e. The number of rotatable bonds is 4. The standard InChI is InChI=1S/C11H22O3/c1-7-14-8-11(5,9(12)13-6)10(2,3)4/h7-8H2,1-6H3. The van der Waals surface area contributed by atoms with Gasteiger partial charge in [-0.15, -0.1) is 0 Å². The fourth-order valence-electron chi connectivity index (χ4n) is 1.11. The van der Waals surface area contributed by atoms with Crippen LogP contribution in [0.1, 0.15) is 34.6 Å². The van der Waals surface area contributed by atoms with Gasteiger partial charge >= 0.3 is 5.97 Å². The van der Waals surface area contributed by atoms with Crippen LogP contribution in [0.25, 0.3) is 0 Å². The maximum absolute atomic E-state index is 11.7. The predicted octanol–water partition coefficient (Wildman–Crippen LogP) is 2.25. The van der Waals surface area contributed by atoms with E-state index in [1.807, 2.05) is 34.6 Å². The van der Waals surface area contributed by atoms with E-state index in [9.17, 15) is 4.79 Å². The Morgan fingerprint density at radius 3 is 2.00 bits per heavy atom. The molecule has 0 heterocycles. The van der Waals surface area contributed by atoms with Gasteiger partial charge in [-0.1, -0.05) is 20.8 Å². The molecule has 0 aliphatic heterocycles. The highest BCUT2D eigenvalue weighted by molar-refractivity contribution is 5.77. The molecule has 3 nitrogen and oxygen atoms in total. The molecule has 14 heavy (non-hydrogen) atoms. The highest BCUT2D eigenvalue weighted by Crippen LogP contribution is 2.39. The maximum Gasteiger partial charge on any atom is 0.314 e. The number of hydrogen-bond acceptors (Lipinski definition) is 3. The molecule has 84 valence electrons. The van der Waals surface area contributed by atoms with Crippen molar-refractivity contribution in [2.24, 2.45) is 10.8 Å². The third-order valence-corrected chi connectivity index (χ3v) is 2.89. The van der Waals surface area contributed by atoms with Crippen molar-refractivity contribution in [1.82, 2.24) is 0 Å². The fourth-order valence-corrected chi connectivity index (χ4v) is 1.11. The summed E-state index contributed by atoms with van der Waals surface area (Å²) in [6.45, 7) is 10.9. The summed E-state index contributed by atoms with van der Waals surface area (Å²) in [4.78, 5) is 11.7. The third-order valence-electron chi connectivity index (χ3n) is 2.89. The summed E-state index contributed by atoms with van der Waals surface area (Å²) >= 11 is 0. The number of methoxy groups -OCH3 is 1. The molecular formula is C11H22O3. The minimum absolute atomic E-state index is 0.171. The van der Waals surface area contributed by atoms with E-state index in [2.05, 4.69) is 0 Å². The largest absolute Gasteiger partial charge is 0.469 e. The molecule has 1 atom stereocenters. The van der Waals surface area contributed by atoms with Crippen molar-refractivity contribution >= 4 is 5.97 Å². The second-order valence-electron chi connectivity index (χ2n) is 4.71. The van der Waals surface area contributed by atoms with Gasteiger partial charge in [0.1, 0.15) is 0 Å².